The van der Waals surface area contributed by atoms with Gasteiger partial charge in [0.05, 0.1) is 6.61 Å². The molecule has 0 aromatic rings. The summed E-state index contributed by atoms with van der Waals surface area (Å²) in [6, 6.07) is -1.21. The summed E-state index contributed by atoms with van der Waals surface area (Å²) in [4.78, 5) is 24.5. The topological polar surface area (TPSA) is 78.9 Å². The summed E-state index contributed by atoms with van der Waals surface area (Å²) < 4.78 is 4.91. The Balaban J connectivity index is 4.51. The smallest absolute Gasteiger partial charge is 0.326 e. The standard InChI is InChI=1S/C12H24N2O4/c1-5-9(3)10(11(15)16)13-12(17)14(6-2)7-8-18-4/h9-10H,5-8H2,1-4H3,(H,13,17)(H,15,16). The number of urea groups is 1. The summed E-state index contributed by atoms with van der Waals surface area (Å²) in [5, 5.41) is 11.7. The molecule has 106 valence electrons. The number of likely N-dealkylation sites (N-methyl/N-ethyl adjacent to an activating group) is 1. The van der Waals surface area contributed by atoms with Crippen LogP contribution in [0.5, 0.6) is 0 Å². The van der Waals surface area contributed by atoms with Gasteiger partial charge in [-0.05, 0) is 12.8 Å². The minimum Gasteiger partial charge on any atom is -0.480 e. The first-order valence-electron chi connectivity index (χ1n) is 6.25. The molecular formula is C12H24N2O4. The Morgan fingerprint density at radius 3 is 2.39 bits per heavy atom. The van der Waals surface area contributed by atoms with Crippen molar-refractivity contribution in [2.45, 2.75) is 33.2 Å². The van der Waals surface area contributed by atoms with Gasteiger partial charge in [-0.1, -0.05) is 20.3 Å². The van der Waals surface area contributed by atoms with Crippen LogP contribution in [0.2, 0.25) is 0 Å². The van der Waals surface area contributed by atoms with Crippen LogP contribution in [-0.2, 0) is 9.53 Å². The molecule has 0 spiro atoms. The number of carboxylic acid groups (broad SMARTS) is 1. The van der Waals surface area contributed by atoms with Gasteiger partial charge in [0.25, 0.3) is 0 Å². The number of amides is 2. The predicted molar refractivity (Wildman–Crippen MR) is 68.5 cm³/mol. The monoisotopic (exact) mass is 260 g/mol. The number of aliphatic carboxylic acids is 1. The van der Waals surface area contributed by atoms with E-state index in [1.807, 2.05) is 20.8 Å². The molecule has 0 aliphatic heterocycles. The van der Waals surface area contributed by atoms with Crippen LogP contribution in [-0.4, -0.2) is 54.9 Å². The Bertz CT molecular complexity index is 271. The lowest BCUT2D eigenvalue weighted by molar-refractivity contribution is -0.140. The largest absolute Gasteiger partial charge is 0.480 e. The molecule has 0 saturated heterocycles. The first-order chi connectivity index (χ1) is 8.47. The molecule has 0 aromatic carbocycles. The molecular weight excluding hydrogens is 236 g/mol. The average molecular weight is 260 g/mol. The van der Waals surface area contributed by atoms with Crippen molar-refractivity contribution >= 4 is 12.0 Å². The van der Waals surface area contributed by atoms with Crippen molar-refractivity contribution in [2.75, 3.05) is 26.8 Å². The normalized spacial score (nSPS) is 13.8. The van der Waals surface area contributed by atoms with Crippen molar-refractivity contribution < 1.29 is 19.4 Å². The minimum atomic E-state index is -1.000. The van der Waals surface area contributed by atoms with Crippen LogP contribution in [0, 0.1) is 5.92 Å². The molecule has 0 fully saturated rings. The number of hydrogen-bond acceptors (Lipinski definition) is 3. The molecule has 6 heteroatoms. The number of nitrogens with one attached hydrogen (secondary N) is 1. The fourth-order valence-electron chi connectivity index (χ4n) is 1.51. The number of hydrogen-bond donors (Lipinski definition) is 2. The molecule has 6 nitrogen and oxygen atoms in total. The van der Waals surface area contributed by atoms with Crippen LogP contribution >= 0.6 is 0 Å². The van der Waals surface area contributed by atoms with Gasteiger partial charge in [-0.3, -0.25) is 0 Å². The number of carbonyl (C=O) groups is 2. The zero-order valence-corrected chi connectivity index (χ0v) is 11.6. The maximum Gasteiger partial charge on any atom is 0.326 e. The van der Waals surface area contributed by atoms with Crippen LogP contribution in [0.1, 0.15) is 27.2 Å². The van der Waals surface area contributed by atoms with Gasteiger partial charge in [-0.2, -0.15) is 0 Å². The van der Waals surface area contributed by atoms with E-state index in [1.54, 1.807) is 7.11 Å². The first kappa shape index (κ1) is 16.7. The summed E-state index contributed by atoms with van der Waals surface area (Å²) in [5.74, 6) is -1.10. The Kier molecular flexibility index (Phi) is 8.11. The molecule has 0 aliphatic rings. The van der Waals surface area contributed by atoms with E-state index in [1.165, 1.54) is 4.90 Å². The third-order valence-electron chi connectivity index (χ3n) is 2.99. The third kappa shape index (κ3) is 5.35. The van der Waals surface area contributed by atoms with Crippen molar-refractivity contribution in [1.82, 2.24) is 10.2 Å². The summed E-state index contributed by atoms with van der Waals surface area (Å²) in [6.07, 6.45) is 0.696. The third-order valence-corrected chi connectivity index (χ3v) is 2.99. The number of carboxylic acids is 1. The zero-order valence-electron chi connectivity index (χ0n) is 11.6. The lowest BCUT2D eigenvalue weighted by Crippen LogP contribution is -2.51. The number of ether oxygens (including phenoxy) is 1. The summed E-state index contributed by atoms with van der Waals surface area (Å²) in [5.41, 5.74) is 0. The van der Waals surface area contributed by atoms with E-state index in [0.29, 0.717) is 26.1 Å². The first-order valence-corrected chi connectivity index (χ1v) is 6.25. The average Bonchev–Trinajstić information content (AvgIpc) is 2.35. The summed E-state index contributed by atoms with van der Waals surface area (Å²) >= 11 is 0. The van der Waals surface area contributed by atoms with Crippen molar-refractivity contribution in [3.63, 3.8) is 0 Å². The lowest BCUT2D eigenvalue weighted by Gasteiger charge is -2.26. The van der Waals surface area contributed by atoms with Crippen LogP contribution < -0.4 is 5.32 Å². The van der Waals surface area contributed by atoms with Crippen LogP contribution in [0.3, 0.4) is 0 Å². The maximum absolute atomic E-state index is 11.9. The summed E-state index contributed by atoms with van der Waals surface area (Å²) in [6.45, 7) is 6.95. The van der Waals surface area contributed by atoms with Crippen molar-refractivity contribution in [1.29, 1.82) is 0 Å². The Hall–Kier alpha value is -1.30. The lowest BCUT2D eigenvalue weighted by atomic mass is 9.99. The van der Waals surface area contributed by atoms with Gasteiger partial charge in [0.1, 0.15) is 6.04 Å². The fraction of sp³-hybridized carbons (Fsp3) is 0.833. The van der Waals surface area contributed by atoms with E-state index in [-0.39, 0.29) is 11.9 Å². The molecule has 0 heterocycles. The van der Waals surface area contributed by atoms with Gasteiger partial charge in [-0.15, -0.1) is 0 Å². The van der Waals surface area contributed by atoms with E-state index in [2.05, 4.69) is 5.32 Å². The maximum atomic E-state index is 11.9. The second kappa shape index (κ2) is 8.74. The molecule has 0 aliphatic carbocycles. The van der Waals surface area contributed by atoms with Crippen LogP contribution in [0.4, 0.5) is 4.79 Å². The highest BCUT2D eigenvalue weighted by Gasteiger charge is 2.26. The number of carbonyl (C=O) groups excluding carboxylic acids is 1. The van der Waals surface area contributed by atoms with Crippen molar-refractivity contribution in [3.8, 4) is 0 Å². The molecule has 0 radical (unpaired) electrons. The number of methoxy groups -OCH3 is 1. The van der Waals surface area contributed by atoms with Crippen molar-refractivity contribution in [2.24, 2.45) is 5.92 Å². The molecule has 2 amide bonds. The Labute approximate surface area is 108 Å². The van der Waals surface area contributed by atoms with E-state index in [0.717, 1.165) is 0 Å². The fourth-order valence-corrected chi connectivity index (χ4v) is 1.51. The number of rotatable bonds is 8. The molecule has 0 rings (SSSR count). The number of nitrogens with zero attached hydrogens (tertiary/aromatic N) is 1. The second-order valence-electron chi connectivity index (χ2n) is 4.22. The quantitative estimate of drug-likeness (QED) is 0.686. The SMILES string of the molecule is CCC(C)C(NC(=O)N(CC)CCOC)C(=O)O. The summed E-state index contributed by atoms with van der Waals surface area (Å²) in [7, 11) is 1.56. The van der Waals surface area contributed by atoms with Gasteiger partial charge >= 0.3 is 12.0 Å². The van der Waals surface area contributed by atoms with Gasteiger partial charge in [-0.25, -0.2) is 9.59 Å². The van der Waals surface area contributed by atoms with E-state index in [9.17, 15) is 9.59 Å². The van der Waals surface area contributed by atoms with Gasteiger partial charge in [0.15, 0.2) is 0 Å². The molecule has 18 heavy (non-hydrogen) atoms. The predicted octanol–water partition coefficient (Wildman–Crippen LogP) is 1.16. The van der Waals surface area contributed by atoms with E-state index in [4.69, 9.17) is 9.84 Å². The highest BCUT2D eigenvalue weighted by atomic mass is 16.5. The molecule has 0 saturated carbocycles. The Morgan fingerprint density at radius 2 is 2.00 bits per heavy atom. The van der Waals surface area contributed by atoms with Crippen LogP contribution in [0.15, 0.2) is 0 Å². The zero-order chi connectivity index (χ0) is 14.1. The van der Waals surface area contributed by atoms with Crippen LogP contribution in [0.25, 0.3) is 0 Å². The molecule has 2 N–H and O–H groups in total. The Morgan fingerprint density at radius 1 is 1.39 bits per heavy atom. The van der Waals surface area contributed by atoms with E-state index >= 15 is 0 Å². The van der Waals surface area contributed by atoms with Gasteiger partial charge < -0.3 is 20.1 Å². The molecule has 2 atom stereocenters. The molecule has 0 aromatic heterocycles. The highest BCUT2D eigenvalue weighted by Crippen LogP contribution is 2.08. The van der Waals surface area contributed by atoms with Gasteiger partial charge in [0, 0.05) is 20.2 Å². The van der Waals surface area contributed by atoms with E-state index < -0.39 is 12.0 Å². The highest BCUT2D eigenvalue weighted by molar-refractivity contribution is 5.82. The van der Waals surface area contributed by atoms with Gasteiger partial charge in [0.2, 0.25) is 0 Å². The van der Waals surface area contributed by atoms with Crippen molar-refractivity contribution in [3.05, 3.63) is 0 Å². The minimum absolute atomic E-state index is 0.104. The molecule has 0 bridgehead atoms. The second-order valence-corrected chi connectivity index (χ2v) is 4.22. The molecule has 2 unspecified atom stereocenters.